The molecule has 1 atom stereocenters. The highest BCUT2D eigenvalue weighted by Crippen LogP contribution is 2.20. The molecule has 3 N–H and O–H groups in total. The highest BCUT2D eigenvalue weighted by molar-refractivity contribution is 6.00. The van der Waals surface area contributed by atoms with Crippen LogP contribution in [0.1, 0.15) is 34.2 Å². The zero-order chi connectivity index (χ0) is 18.0. The zero-order valence-electron chi connectivity index (χ0n) is 14.5. The van der Waals surface area contributed by atoms with E-state index in [1.807, 2.05) is 6.92 Å². The first-order chi connectivity index (χ1) is 11.2. The van der Waals surface area contributed by atoms with E-state index in [4.69, 9.17) is 10.5 Å². The summed E-state index contributed by atoms with van der Waals surface area (Å²) in [5.74, 6) is -1.05. The summed E-state index contributed by atoms with van der Waals surface area (Å²) in [4.78, 5) is 24.5. The van der Waals surface area contributed by atoms with E-state index in [0.29, 0.717) is 17.1 Å². The first kappa shape index (κ1) is 17.5. The van der Waals surface area contributed by atoms with Gasteiger partial charge >= 0.3 is 5.97 Å². The van der Waals surface area contributed by atoms with Gasteiger partial charge in [0.25, 0.3) is 5.91 Å². The molecule has 2 aromatic rings. The summed E-state index contributed by atoms with van der Waals surface area (Å²) in [6.07, 6.45) is -0.962. The molecule has 0 aliphatic heterocycles. The summed E-state index contributed by atoms with van der Waals surface area (Å²) in [7, 11) is 1.79. The predicted molar refractivity (Wildman–Crippen MR) is 91.8 cm³/mol. The second kappa shape index (κ2) is 6.74. The molecule has 1 heterocycles. The molecular formula is C17H22N4O3. The molecule has 1 amide bonds. The van der Waals surface area contributed by atoms with E-state index >= 15 is 0 Å². The summed E-state index contributed by atoms with van der Waals surface area (Å²) >= 11 is 0. The monoisotopic (exact) mass is 330 g/mol. The van der Waals surface area contributed by atoms with Gasteiger partial charge in [0.2, 0.25) is 0 Å². The van der Waals surface area contributed by atoms with Crippen LogP contribution in [0.15, 0.2) is 18.2 Å². The molecule has 24 heavy (non-hydrogen) atoms. The lowest BCUT2D eigenvalue weighted by atomic mass is 10.1. The number of benzene rings is 1. The van der Waals surface area contributed by atoms with Crippen molar-refractivity contribution in [3.63, 3.8) is 0 Å². The number of hydrogen-bond donors (Lipinski definition) is 2. The number of rotatable bonds is 4. The van der Waals surface area contributed by atoms with Crippen molar-refractivity contribution in [2.45, 2.75) is 33.8 Å². The molecule has 1 aromatic carbocycles. The number of nitrogens with zero attached hydrogens (tertiary/aromatic N) is 2. The first-order valence-corrected chi connectivity index (χ1v) is 7.59. The van der Waals surface area contributed by atoms with Crippen molar-refractivity contribution in [2.24, 2.45) is 7.05 Å². The van der Waals surface area contributed by atoms with Crippen LogP contribution >= 0.6 is 0 Å². The van der Waals surface area contributed by atoms with E-state index in [1.165, 1.54) is 6.92 Å². The van der Waals surface area contributed by atoms with E-state index in [0.717, 1.165) is 11.3 Å². The molecule has 0 unspecified atom stereocenters. The van der Waals surface area contributed by atoms with Gasteiger partial charge < -0.3 is 15.8 Å². The third-order valence-corrected chi connectivity index (χ3v) is 3.95. The maximum Gasteiger partial charge on any atom is 0.341 e. The van der Waals surface area contributed by atoms with Crippen LogP contribution in [-0.4, -0.2) is 27.8 Å². The number of para-hydroxylation sites is 1. The number of anilines is 2. The van der Waals surface area contributed by atoms with Gasteiger partial charge in [0.05, 0.1) is 22.6 Å². The normalized spacial score (nSPS) is 11.9. The topological polar surface area (TPSA) is 99.2 Å². The maximum absolute atomic E-state index is 12.3. The lowest BCUT2D eigenvalue weighted by molar-refractivity contribution is -0.123. The van der Waals surface area contributed by atoms with Gasteiger partial charge in [-0.1, -0.05) is 12.1 Å². The highest BCUT2D eigenvalue weighted by Gasteiger charge is 2.22. The van der Waals surface area contributed by atoms with Crippen molar-refractivity contribution >= 4 is 23.3 Å². The largest absolute Gasteiger partial charge is 0.449 e. The van der Waals surface area contributed by atoms with Crippen LogP contribution in [-0.2, 0) is 16.6 Å². The minimum absolute atomic E-state index is 0.253. The van der Waals surface area contributed by atoms with E-state index in [-0.39, 0.29) is 5.56 Å². The number of nitrogen functional groups attached to an aromatic ring is 1. The van der Waals surface area contributed by atoms with Gasteiger partial charge in [0, 0.05) is 12.7 Å². The third-order valence-electron chi connectivity index (χ3n) is 3.95. The summed E-state index contributed by atoms with van der Waals surface area (Å²) in [5, 5.41) is 6.98. The van der Waals surface area contributed by atoms with Crippen molar-refractivity contribution in [2.75, 3.05) is 11.1 Å². The number of nitrogens with one attached hydrogen (secondary N) is 1. The number of nitrogens with two attached hydrogens (primary N) is 1. The van der Waals surface area contributed by atoms with E-state index in [1.54, 1.807) is 43.8 Å². The Morgan fingerprint density at radius 2 is 1.96 bits per heavy atom. The van der Waals surface area contributed by atoms with Gasteiger partial charge in [-0.25, -0.2) is 4.79 Å². The predicted octanol–water partition coefficient (Wildman–Crippen LogP) is 2.11. The molecule has 1 aromatic heterocycles. The number of ether oxygens (including phenoxy) is 1. The molecule has 7 heteroatoms. The lowest BCUT2D eigenvalue weighted by Gasteiger charge is -2.15. The number of hydrogen-bond acceptors (Lipinski definition) is 5. The van der Waals surface area contributed by atoms with Crippen LogP contribution in [0.5, 0.6) is 0 Å². The van der Waals surface area contributed by atoms with Gasteiger partial charge in [-0.05, 0) is 39.3 Å². The van der Waals surface area contributed by atoms with Crippen LogP contribution in [0.2, 0.25) is 0 Å². The van der Waals surface area contributed by atoms with Crippen LogP contribution in [0, 0.1) is 20.8 Å². The fourth-order valence-electron chi connectivity index (χ4n) is 2.32. The molecule has 0 saturated carbocycles. The molecule has 0 aliphatic rings. The van der Waals surface area contributed by atoms with Gasteiger partial charge in [-0.3, -0.25) is 9.48 Å². The van der Waals surface area contributed by atoms with Crippen molar-refractivity contribution in [1.29, 1.82) is 0 Å². The third kappa shape index (κ3) is 3.40. The smallest absolute Gasteiger partial charge is 0.341 e. The molecule has 2 rings (SSSR count). The Kier molecular flexibility index (Phi) is 4.92. The van der Waals surface area contributed by atoms with E-state index in [9.17, 15) is 9.59 Å². The molecule has 0 radical (unpaired) electrons. The Morgan fingerprint density at radius 3 is 2.54 bits per heavy atom. The fourth-order valence-corrected chi connectivity index (χ4v) is 2.32. The van der Waals surface area contributed by atoms with Crippen LogP contribution in [0.3, 0.4) is 0 Å². The molecule has 0 fully saturated rings. The molecule has 0 saturated heterocycles. The van der Waals surface area contributed by atoms with Crippen molar-refractivity contribution < 1.29 is 14.3 Å². The van der Waals surface area contributed by atoms with Gasteiger partial charge in [0.1, 0.15) is 0 Å². The van der Waals surface area contributed by atoms with Gasteiger partial charge in [-0.2, -0.15) is 5.10 Å². The molecule has 0 spiro atoms. The van der Waals surface area contributed by atoms with Crippen LogP contribution in [0.25, 0.3) is 0 Å². The number of carbonyl (C=O) groups excluding carboxylic acids is 2. The van der Waals surface area contributed by atoms with Crippen molar-refractivity contribution in [1.82, 2.24) is 9.78 Å². The number of esters is 1. The van der Waals surface area contributed by atoms with E-state index in [2.05, 4.69) is 10.4 Å². The lowest BCUT2D eigenvalue weighted by Crippen LogP contribution is -2.30. The second-order valence-corrected chi connectivity index (χ2v) is 5.74. The van der Waals surface area contributed by atoms with E-state index < -0.39 is 18.0 Å². The Balaban J connectivity index is 2.09. The number of carbonyl (C=O) groups is 2. The molecule has 7 nitrogen and oxygen atoms in total. The number of aryl methyl sites for hydroxylation is 3. The van der Waals surface area contributed by atoms with Gasteiger partial charge in [0.15, 0.2) is 6.10 Å². The average Bonchev–Trinajstić information content (AvgIpc) is 2.76. The van der Waals surface area contributed by atoms with Crippen LogP contribution < -0.4 is 11.1 Å². The fraction of sp³-hybridized carbons (Fsp3) is 0.353. The first-order valence-electron chi connectivity index (χ1n) is 7.59. The number of aromatic nitrogens is 2. The standard InChI is InChI=1S/C17H22N4O3/c1-9-7-6-8-13(14(9)18)17(23)24-12(4)16(22)19-15-10(2)20-21(5)11(15)3/h6-8,12H,18H2,1-5H3,(H,19,22)/t12-/m0/s1. The SMILES string of the molecule is Cc1cccc(C(=O)O[C@@H](C)C(=O)Nc2c(C)nn(C)c2C)c1N. The molecule has 0 bridgehead atoms. The number of amides is 1. The minimum atomic E-state index is -0.962. The average molecular weight is 330 g/mol. The Bertz CT molecular complexity index is 795. The summed E-state index contributed by atoms with van der Waals surface area (Å²) in [6, 6.07) is 5.09. The Morgan fingerprint density at radius 1 is 1.29 bits per heavy atom. The van der Waals surface area contributed by atoms with Crippen LogP contribution in [0.4, 0.5) is 11.4 Å². The maximum atomic E-state index is 12.3. The Labute approximate surface area is 140 Å². The molecule has 128 valence electrons. The zero-order valence-corrected chi connectivity index (χ0v) is 14.5. The second-order valence-electron chi connectivity index (χ2n) is 5.74. The quantitative estimate of drug-likeness (QED) is 0.661. The van der Waals surface area contributed by atoms with Crippen molar-refractivity contribution in [3.8, 4) is 0 Å². The highest BCUT2D eigenvalue weighted by atomic mass is 16.5. The summed E-state index contributed by atoms with van der Waals surface area (Å²) in [6.45, 7) is 6.96. The summed E-state index contributed by atoms with van der Waals surface area (Å²) in [5.41, 5.74) is 9.42. The minimum Gasteiger partial charge on any atom is -0.449 e. The van der Waals surface area contributed by atoms with Crippen molar-refractivity contribution in [3.05, 3.63) is 40.7 Å². The summed E-state index contributed by atoms with van der Waals surface area (Å²) < 4.78 is 6.91. The van der Waals surface area contributed by atoms with Gasteiger partial charge in [-0.15, -0.1) is 0 Å². The molecule has 0 aliphatic carbocycles. The molecular weight excluding hydrogens is 308 g/mol. The Hall–Kier alpha value is -2.83.